The van der Waals surface area contributed by atoms with Crippen LogP contribution >= 0.6 is 0 Å². The van der Waals surface area contributed by atoms with Gasteiger partial charge in [0.15, 0.2) is 0 Å². The van der Waals surface area contributed by atoms with Gasteiger partial charge in [0, 0.05) is 6.42 Å². The minimum Gasteiger partial charge on any atom is -0.481 e. The van der Waals surface area contributed by atoms with Crippen molar-refractivity contribution in [3.8, 4) is 0 Å². The molecule has 246 valence electrons. The van der Waals surface area contributed by atoms with E-state index in [2.05, 4.69) is 6.92 Å². The van der Waals surface area contributed by atoms with Crippen LogP contribution in [0.5, 0.6) is 0 Å². The third-order valence-electron chi connectivity index (χ3n) is 9.24. The Morgan fingerprint density at radius 1 is 0.293 bits per heavy atom. The summed E-state index contributed by atoms with van der Waals surface area (Å²) in [5.74, 6) is -0.647. The summed E-state index contributed by atoms with van der Waals surface area (Å²) in [6, 6.07) is 0. The number of carboxylic acids is 1. The number of unbranched alkanes of at least 4 members (excludes halogenated alkanes) is 35. The lowest BCUT2D eigenvalue weighted by atomic mass is 10.0. The molecule has 2 heteroatoms. The summed E-state index contributed by atoms with van der Waals surface area (Å²) in [7, 11) is 0. The zero-order chi connectivity index (χ0) is 29.7. The summed E-state index contributed by atoms with van der Waals surface area (Å²) in [5.41, 5.74) is 0. The molecule has 0 aromatic carbocycles. The molecular formula is C39H78O2. The third-order valence-corrected chi connectivity index (χ3v) is 9.24. The Morgan fingerprint density at radius 3 is 0.585 bits per heavy atom. The molecule has 0 atom stereocenters. The maximum absolute atomic E-state index is 10.5. The monoisotopic (exact) mass is 579 g/mol. The average Bonchev–Trinajstić information content (AvgIpc) is 2.97. The molecule has 0 heterocycles. The molecule has 0 unspecified atom stereocenters. The van der Waals surface area contributed by atoms with Gasteiger partial charge in [-0.3, -0.25) is 4.79 Å². The quantitative estimate of drug-likeness (QED) is 0.0744. The Kier molecular flexibility index (Phi) is 37.0. The number of rotatable bonds is 37. The van der Waals surface area contributed by atoms with Crippen molar-refractivity contribution in [2.45, 2.75) is 244 Å². The van der Waals surface area contributed by atoms with E-state index in [4.69, 9.17) is 5.11 Å². The molecule has 0 aromatic rings. The molecule has 0 spiro atoms. The highest BCUT2D eigenvalue weighted by Crippen LogP contribution is 2.17. The summed E-state index contributed by atoms with van der Waals surface area (Å²) < 4.78 is 0. The Morgan fingerprint density at radius 2 is 0.439 bits per heavy atom. The second-order valence-electron chi connectivity index (χ2n) is 13.5. The number of hydrogen-bond acceptors (Lipinski definition) is 1. The van der Waals surface area contributed by atoms with Crippen LogP contribution in [-0.4, -0.2) is 11.1 Å². The van der Waals surface area contributed by atoms with Gasteiger partial charge in [-0.1, -0.05) is 232 Å². The maximum Gasteiger partial charge on any atom is 0.303 e. The Labute approximate surface area is 260 Å². The van der Waals surface area contributed by atoms with E-state index in [9.17, 15) is 4.79 Å². The van der Waals surface area contributed by atoms with Crippen LogP contribution in [0.3, 0.4) is 0 Å². The molecular weight excluding hydrogens is 500 g/mol. The van der Waals surface area contributed by atoms with E-state index in [1.807, 2.05) is 0 Å². The minimum atomic E-state index is -0.647. The van der Waals surface area contributed by atoms with Crippen LogP contribution in [0.25, 0.3) is 0 Å². The zero-order valence-corrected chi connectivity index (χ0v) is 28.5. The molecule has 0 aliphatic carbocycles. The van der Waals surface area contributed by atoms with Crippen molar-refractivity contribution < 1.29 is 9.90 Å². The molecule has 0 saturated heterocycles. The van der Waals surface area contributed by atoms with Crippen LogP contribution in [0.15, 0.2) is 0 Å². The fourth-order valence-corrected chi connectivity index (χ4v) is 6.36. The van der Waals surface area contributed by atoms with Gasteiger partial charge in [-0.25, -0.2) is 0 Å². The Hall–Kier alpha value is -0.530. The molecule has 0 aromatic heterocycles. The summed E-state index contributed by atoms with van der Waals surface area (Å²) in [4.78, 5) is 10.5. The lowest BCUT2D eigenvalue weighted by Gasteiger charge is -2.05. The van der Waals surface area contributed by atoms with Crippen molar-refractivity contribution in [3.05, 3.63) is 0 Å². The van der Waals surface area contributed by atoms with E-state index < -0.39 is 5.97 Å². The number of hydrogen-bond donors (Lipinski definition) is 1. The van der Waals surface area contributed by atoms with Gasteiger partial charge in [-0.2, -0.15) is 0 Å². The molecule has 0 aliphatic heterocycles. The molecule has 0 saturated carbocycles. The molecule has 0 amide bonds. The molecule has 41 heavy (non-hydrogen) atoms. The minimum absolute atomic E-state index is 0.347. The van der Waals surface area contributed by atoms with E-state index >= 15 is 0 Å². The smallest absolute Gasteiger partial charge is 0.303 e. The van der Waals surface area contributed by atoms with Crippen LogP contribution in [0.1, 0.15) is 244 Å². The first kappa shape index (κ1) is 40.5. The van der Waals surface area contributed by atoms with Gasteiger partial charge < -0.3 is 5.11 Å². The van der Waals surface area contributed by atoms with Crippen molar-refractivity contribution in [1.29, 1.82) is 0 Å². The first-order valence-electron chi connectivity index (χ1n) is 19.5. The Bertz CT molecular complexity index is 474. The highest BCUT2D eigenvalue weighted by Gasteiger charge is 1.98. The van der Waals surface area contributed by atoms with Gasteiger partial charge in [0.1, 0.15) is 0 Å². The molecule has 1 N–H and O–H groups in total. The zero-order valence-electron chi connectivity index (χ0n) is 28.5. The summed E-state index contributed by atoms with van der Waals surface area (Å²) in [6.07, 6.45) is 51.4. The van der Waals surface area contributed by atoms with Gasteiger partial charge in [0.25, 0.3) is 0 Å². The van der Waals surface area contributed by atoms with Crippen LogP contribution in [0.2, 0.25) is 0 Å². The molecule has 0 fully saturated rings. The topological polar surface area (TPSA) is 37.3 Å². The third kappa shape index (κ3) is 39.5. The standard InChI is InChI=1S/C39H78O2/c1-2-3-4-5-6-7-8-9-10-11-12-13-14-15-16-17-18-19-20-21-22-23-24-25-26-27-28-29-30-31-32-33-34-35-36-37-38-39(40)41/h2-38H2,1H3,(H,40,41). The first-order valence-corrected chi connectivity index (χ1v) is 19.5. The van der Waals surface area contributed by atoms with Crippen LogP contribution < -0.4 is 0 Å². The predicted octanol–water partition coefficient (Wildman–Crippen LogP) is 14.5. The fraction of sp³-hybridized carbons (Fsp3) is 0.974. The molecule has 0 aliphatic rings. The number of carboxylic acid groups (broad SMARTS) is 1. The van der Waals surface area contributed by atoms with Crippen molar-refractivity contribution in [3.63, 3.8) is 0 Å². The van der Waals surface area contributed by atoms with Crippen LogP contribution in [-0.2, 0) is 4.79 Å². The van der Waals surface area contributed by atoms with Gasteiger partial charge in [-0.15, -0.1) is 0 Å². The normalized spacial score (nSPS) is 11.4. The van der Waals surface area contributed by atoms with Gasteiger partial charge >= 0.3 is 5.97 Å². The molecule has 0 rings (SSSR count). The number of aliphatic carboxylic acids is 1. The summed E-state index contributed by atoms with van der Waals surface area (Å²) in [5, 5.41) is 8.64. The van der Waals surface area contributed by atoms with Gasteiger partial charge in [0.05, 0.1) is 0 Å². The molecule has 2 nitrogen and oxygen atoms in total. The second-order valence-corrected chi connectivity index (χ2v) is 13.5. The van der Waals surface area contributed by atoms with Crippen molar-refractivity contribution in [2.75, 3.05) is 0 Å². The van der Waals surface area contributed by atoms with Crippen LogP contribution in [0, 0.1) is 0 Å². The lowest BCUT2D eigenvalue weighted by molar-refractivity contribution is -0.137. The van der Waals surface area contributed by atoms with E-state index in [-0.39, 0.29) is 0 Å². The maximum atomic E-state index is 10.5. The van der Waals surface area contributed by atoms with Gasteiger partial charge in [0.2, 0.25) is 0 Å². The van der Waals surface area contributed by atoms with Crippen molar-refractivity contribution in [2.24, 2.45) is 0 Å². The van der Waals surface area contributed by atoms with Crippen molar-refractivity contribution in [1.82, 2.24) is 0 Å². The van der Waals surface area contributed by atoms with E-state index in [1.165, 1.54) is 218 Å². The second kappa shape index (κ2) is 37.5. The molecule has 0 radical (unpaired) electrons. The largest absolute Gasteiger partial charge is 0.481 e. The van der Waals surface area contributed by atoms with E-state index in [0.717, 1.165) is 12.8 Å². The fourth-order valence-electron chi connectivity index (χ4n) is 6.36. The highest BCUT2D eigenvalue weighted by molar-refractivity contribution is 5.66. The lowest BCUT2D eigenvalue weighted by Crippen LogP contribution is -1.93. The summed E-state index contributed by atoms with van der Waals surface area (Å²) >= 11 is 0. The van der Waals surface area contributed by atoms with E-state index in [0.29, 0.717) is 6.42 Å². The van der Waals surface area contributed by atoms with Crippen LogP contribution in [0.4, 0.5) is 0 Å². The van der Waals surface area contributed by atoms with Crippen molar-refractivity contribution >= 4 is 5.97 Å². The number of carbonyl (C=O) groups is 1. The summed E-state index contributed by atoms with van der Waals surface area (Å²) in [6.45, 7) is 2.30. The first-order chi connectivity index (χ1) is 20.3. The highest BCUT2D eigenvalue weighted by atomic mass is 16.4. The predicted molar refractivity (Wildman–Crippen MR) is 184 cm³/mol. The molecule has 0 bridgehead atoms. The Balaban J connectivity index is 3.03. The average molecular weight is 579 g/mol. The van der Waals surface area contributed by atoms with E-state index in [1.54, 1.807) is 0 Å². The van der Waals surface area contributed by atoms with Gasteiger partial charge in [-0.05, 0) is 6.42 Å². The SMILES string of the molecule is CCCCCCCCCCCCCCCCCCCCCCCCCCCCCCCCCCCCCCC(=O)O.